The van der Waals surface area contributed by atoms with Crippen molar-refractivity contribution < 1.29 is 157 Å². The summed E-state index contributed by atoms with van der Waals surface area (Å²) >= 11 is 24.8. The summed E-state index contributed by atoms with van der Waals surface area (Å²) < 4.78 is 140. The molecule has 4 saturated carbocycles. The van der Waals surface area contributed by atoms with Gasteiger partial charge in [-0.2, -0.15) is 0 Å². The Morgan fingerprint density at radius 2 is 0.741 bits per heavy atom. The Bertz CT molecular complexity index is 5570. The number of carbonyl (C=O) groups excluding carboxylic acids is 5. The molecular formula is C84H111Cl4N7O36P4. The molecule has 2 saturated heterocycles. The number of aliphatic hydroxyl groups is 4. The van der Waals surface area contributed by atoms with Crippen LogP contribution in [0.3, 0.4) is 0 Å². The van der Waals surface area contributed by atoms with Gasteiger partial charge in [-0.15, -0.1) is 0 Å². The van der Waals surface area contributed by atoms with Crippen molar-refractivity contribution in [1.82, 2.24) is 28.7 Å². The molecule has 0 spiro atoms. The van der Waals surface area contributed by atoms with Crippen molar-refractivity contribution in [3.8, 4) is 0 Å². The van der Waals surface area contributed by atoms with Gasteiger partial charge in [0, 0.05) is 50.0 Å². The molecular weight excluding hydrogens is 1950 g/mol. The SMILES string of the molecule is CCOC(=O)C(OC[C@H]1C[C@@H](CC(=O)c2c(N)cccc2Cl)[C@@H]2OC(C)(C)O[C@H]12)P(=O)(OC)OC.CCOC(=O)C(OC[C@H]1C[C@@H](n2cnc3cccc(Cl)c3c2=O)[C@@H]2OC(C)(C)O[C@H]12)P(=O)(OCC)OCC.CCOC(=O)[C@@H](OC[C@H]1C[C@@H](n2cnc3cccc(Cl)c3c2=O)[C@H](O)[C@@H]1O)P(=O)(O)O.CCOC(=O)[C@H](OC[C@H]1C[C@@H](n2cnc3cccc(Cl)c3c2=O)[C@H](O)[C@@H]1O)P(=O)(O)O. The molecule has 135 heavy (non-hydrogen) atoms. The highest BCUT2D eigenvalue weighted by Crippen LogP contribution is 2.57. The fraction of sp³-hybridized carbons (Fsp3) is 0.583. The highest BCUT2D eigenvalue weighted by Gasteiger charge is 2.58. The molecule has 5 heterocycles. The van der Waals surface area contributed by atoms with Crippen LogP contribution in [0.5, 0.6) is 0 Å². The minimum Gasteiger partial charge on any atom is -0.464 e. The number of esters is 4. The second-order valence-electron chi connectivity index (χ2n) is 32.9. The summed E-state index contributed by atoms with van der Waals surface area (Å²) in [7, 11) is -15.6. The van der Waals surface area contributed by atoms with Gasteiger partial charge in [0.05, 0.1) is 192 Å². The number of rotatable bonds is 36. The van der Waals surface area contributed by atoms with Gasteiger partial charge in [-0.25, -0.2) is 34.1 Å². The normalized spacial score (nSPS) is 25.5. The second-order valence-corrected chi connectivity index (χ2v) is 42.1. The maximum absolute atomic E-state index is 13.5. The number of carbonyl (C=O) groups is 5. The number of nitrogens with zero attached hydrogens (tertiary/aromatic N) is 6. The van der Waals surface area contributed by atoms with Gasteiger partial charge in [-0.3, -0.25) is 51.1 Å². The molecule has 13 rings (SSSR count). The number of Topliss-reactive ketones (excluding diaryl/α,β-unsaturated/α-hetero) is 1. The first-order valence-corrected chi connectivity index (χ1v) is 51.0. The van der Waals surface area contributed by atoms with Crippen LogP contribution in [0.15, 0.2) is 106 Å². The average Bonchev–Trinajstić information content (AvgIpc) is 1.59. The lowest BCUT2D eigenvalue weighted by atomic mass is 9.94. The lowest BCUT2D eigenvalue weighted by molar-refractivity contribution is -0.166. The lowest BCUT2D eigenvalue weighted by Gasteiger charge is -2.27. The summed E-state index contributed by atoms with van der Waals surface area (Å²) in [4.78, 5) is 151. The maximum atomic E-state index is 13.5. The smallest absolute Gasteiger partial charge is 0.370 e. The van der Waals surface area contributed by atoms with Crippen LogP contribution in [0.4, 0.5) is 5.69 Å². The van der Waals surface area contributed by atoms with Gasteiger partial charge < -0.3 is 121 Å². The predicted octanol–water partition coefficient (Wildman–Crippen LogP) is 9.18. The Hall–Kier alpha value is -7.07. The number of nitrogens with two attached hydrogens (primary N) is 1. The third kappa shape index (κ3) is 25.6. The van der Waals surface area contributed by atoms with Gasteiger partial charge in [0.15, 0.2) is 17.4 Å². The van der Waals surface area contributed by atoms with Gasteiger partial charge >= 0.3 is 54.3 Å². The molecule has 51 heteroatoms. The molecule has 0 radical (unpaired) electrons. The summed E-state index contributed by atoms with van der Waals surface area (Å²) in [5.41, 5.74) is 6.54. The van der Waals surface area contributed by atoms with E-state index in [4.69, 9.17) is 118 Å². The quantitative estimate of drug-likeness (QED) is 0.00580. The molecule has 43 nitrogen and oxygen atoms in total. The van der Waals surface area contributed by atoms with E-state index in [1.165, 1.54) is 63.7 Å². The fourth-order valence-corrected chi connectivity index (χ4v) is 22.2. The van der Waals surface area contributed by atoms with Crippen molar-refractivity contribution in [1.29, 1.82) is 0 Å². The van der Waals surface area contributed by atoms with E-state index >= 15 is 0 Å². The number of aromatic nitrogens is 6. The van der Waals surface area contributed by atoms with Crippen molar-refractivity contribution in [2.75, 3.05) is 86.0 Å². The van der Waals surface area contributed by atoms with E-state index in [1.54, 1.807) is 116 Å². The summed E-state index contributed by atoms with van der Waals surface area (Å²) in [5, 5.41) is 43.4. The van der Waals surface area contributed by atoms with Gasteiger partial charge in [0.25, 0.3) is 40.1 Å². The molecule has 0 bridgehead atoms. The van der Waals surface area contributed by atoms with Crippen molar-refractivity contribution >= 4 is 145 Å². The van der Waals surface area contributed by atoms with Gasteiger partial charge in [-0.1, -0.05) is 70.7 Å². The van der Waals surface area contributed by atoms with E-state index in [-0.39, 0.29) is 134 Å². The van der Waals surface area contributed by atoms with E-state index in [1.807, 2.05) is 0 Å². The van der Waals surface area contributed by atoms with E-state index in [9.17, 15) is 96.6 Å². The largest absolute Gasteiger partial charge is 0.464 e. The Balaban J connectivity index is 0.000000187. The number of fused-ring (bicyclic) bond motifs is 5. The number of nitrogen functional groups attached to an aromatic ring is 1. The highest BCUT2D eigenvalue weighted by atomic mass is 35.5. The van der Waals surface area contributed by atoms with Crippen molar-refractivity contribution in [3.63, 3.8) is 0 Å². The summed E-state index contributed by atoms with van der Waals surface area (Å²) in [6, 6.07) is 17.4. The third-order valence-corrected chi connectivity index (χ3v) is 30.4. The number of hydrogen-bond acceptors (Lipinski definition) is 36. The summed E-state index contributed by atoms with van der Waals surface area (Å²) in [6.07, 6.45) is -2.21. The van der Waals surface area contributed by atoms with Crippen LogP contribution in [0.25, 0.3) is 32.7 Å². The maximum Gasteiger partial charge on any atom is 0.370 e. The highest BCUT2D eigenvalue weighted by molar-refractivity contribution is 7.56. The van der Waals surface area contributed by atoms with Crippen LogP contribution >= 0.6 is 76.8 Å². The number of hydrogen-bond donors (Lipinski definition) is 9. The first-order valence-electron chi connectivity index (χ1n) is 42.9. The number of anilines is 1. The minimum atomic E-state index is -4.99. The van der Waals surface area contributed by atoms with Crippen molar-refractivity contribution in [3.05, 3.63) is 148 Å². The third-order valence-electron chi connectivity index (χ3n) is 23.1. The number of ketones is 1. The van der Waals surface area contributed by atoms with E-state index in [2.05, 4.69) is 24.4 Å². The zero-order valence-electron chi connectivity index (χ0n) is 75.4. The Labute approximate surface area is 793 Å². The Morgan fingerprint density at radius 3 is 1.10 bits per heavy atom. The number of benzene rings is 4. The average molecular weight is 2060 g/mol. The van der Waals surface area contributed by atoms with E-state index in [0.717, 1.165) is 9.13 Å². The first kappa shape index (κ1) is 110. The monoisotopic (exact) mass is 2060 g/mol. The molecule has 7 aromatic rings. The molecule has 2 aliphatic heterocycles. The van der Waals surface area contributed by atoms with Gasteiger partial charge in [0.2, 0.25) is 0 Å². The molecule has 20 atom stereocenters. The first-order chi connectivity index (χ1) is 63.6. The molecule has 6 fully saturated rings. The summed E-state index contributed by atoms with van der Waals surface area (Å²) in [5.74, 6) is -16.0. The van der Waals surface area contributed by atoms with Crippen LogP contribution in [-0.2, 0) is 112 Å². The van der Waals surface area contributed by atoms with Crippen LogP contribution in [0, 0.1) is 29.6 Å². The topological polar surface area (TPSA) is 594 Å². The van der Waals surface area contributed by atoms with Crippen LogP contribution < -0.4 is 22.4 Å². The lowest BCUT2D eigenvalue weighted by Crippen LogP contribution is -2.35. The van der Waals surface area contributed by atoms with E-state index < -0.39 is 186 Å². The van der Waals surface area contributed by atoms with Crippen molar-refractivity contribution in [2.45, 2.75) is 203 Å². The minimum absolute atomic E-state index is 0.0142. The fourth-order valence-electron chi connectivity index (χ4n) is 17.1. The molecule has 4 aromatic carbocycles. The zero-order valence-corrected chi connectivity index (χ0v) is 82.0. The molecule has 3 aromatic heterocycles. The van der Waals surface area contributed by atoms with Crippen molar-refractivity contribution in [2.24, 2.45) is 29.6 Å². The molecule has 10 N–H and O–H groups in total. The molecule has 0 amide bonds. The number of ether oxygens (including phenoxy) is 12. The van der Waals surface area contributed by atoms with Gasteiger partial charge in [-0.05, 0) is 149 Å². The zero-order chi connectivity index (χ0) is 99.5. The molecule has 4 aliphatic carbocycles. The van der Waals surface area contributed by atoms with Crippen LogP contribution in [0.2, 0.25) is 20.1 Å². The molecule has 6 aliphatic rings. The predicted molar refractivity (Wildman–Crippen MR) is 485 cm³/mol. The number of halogens is 4. The second kappa shape index (κ2) is 47.0. The van der Waals surface area contributed by atoms with Gasteiger partial charge in [0.1, 0.15) is 18.3 Å². The Morgan fingerprint density at radius 1 is 0.430 bits per heavy atom. The molecule has 746 valence electrons. The molecule has 2 unspecified atom stereocenters. The standard InChI is InChI=1S/C25H34ClN2O9P.C23H33ClNO9P.2C18H22ClN2O9P/c1-6-32-23(30)24(38(31,34-7-2)35-8-3)33-13-15-12-18(21-20(15)36-25(4,5)37-21)28-14-27-17-11-9-10-16(26)19(17)22(28)29;1-6-31-21(27)22(35(28,29-4)30-5)32-12-14-10-13(19-20(14)34-23(2,3)33-19)11-17(26)18-15(24)8-7-9-16(18)25;2*1-2-29-17(25)18(31(26,27)28)30-7-9-6-12(15(23)14(9)22)21-8-20-11-5-3-4-10(19)13(11)16(21)24/h9-11,14-15,18,20-21,24H,6-8,12-13H2,1-5H3;7-9,13-14,19-20,22H,6,10-12,25H2,1-5H3;2*3-5,8-9,12,14-15,18,22-23H,2,6-7H2,1H3,(H2,26,27,28)/t15-,18-,20-,21+,24?;13-,14+,19-,20+,22?;9-,12-,14-,15+,18+;9-,12-,14-,15+,18-/m1011/s1. The van der Waals surface area contributed by atoms with E-state index in [0.29, 0.717) is 50.5 Å². The summed E-state index contributed by atoms with van der Waals surface area (Å²) in [6.45, 7) is 15.7. The number of aliphatic hydroxyl groups excluding tert-OH is 4. The Kier molecular flexibility index (Phi) is 38.3. The van der Waals surface area contributed by atoms with Crippen LogP contribution in [0.1, 0.15) is 130 Å². The van der Waals surface area contributed by atoms with Crippen LogP contribution in [-0.4, -0.2) is 262 Å².